The van der Waals surface area contributed by atoms with Gasteiger partial charge in [-0.1, -0.05) is 157 Å². The number of thiophene rings is 1. The minimum Gasteiger partial charge on any atom is -0.208 e. The summed E-state index contributed by atoms with van der Waals surface area (Å²) in [6, 6.07) is 6.94. The highest BCUT2D eigenvalue weighted by Crippen LogP contribution is 2.41. The molecule has 0 radical (unpaired) electrons. The zero-order valence-electron chi connectivity index (χ0n) is 47.2. The van der Waals surface area contributed by atoms with Crippen molar-refractivity contribution in [3.8, 4) is 56.4 Å². The van der Waals surface area contributed by atoms with Crippen molar-refractivity contribution in [3.63, 3.8) is 0 Å². The second-order valence-electron chi connectivity index (χ2n) is 12.4. The van der Waals surface area contributed by atoms with Crippen molar-refractivity contribution in [1.82, 2.24) is 15.0 Å². The van der Waals surface area contributed by atoms with Gasteiger partial charge in [0.1, 0.15) is 0 Å². The van der Waals surface area contributed by atoms with E-state index in [1.807, 2.05) is 42.5 Å². The van der Waals surface area contributed by atoms with E-state index in [1.165, 1.54) is 0 Å². The fraction of sp³-hybridized carbons (Fsp3) is 0. The van der Waals surface area contributed by atoms with Gasteiger partial charge in [-0.15, -0.1) is 11.3 Å². The Morgan fingerprint density at radius 2 is 0.873 bits per heavy atom. The van der Waals surface area contributed by atoms with E-state index in [4.69, 9.17) is 28.7 Å². The maximum atomic E-state index is 9.77. The molecule has 4 heteroatoms. The summed E-state index contributed by atoms with van der Waals surface area (Å²) >= 11 is 1.56. The predicted molar refractivity (Wildman–Crippen MR) is 232 cm³/mol. The van der Waals surface area contributed by atoms with Crippen molar-refractivity contribution in [1.29, 1.82) is 0 Å². The monoisotopic (exact) mass is 736 g/mol. The molecule has 11 rings (SSSR count). The van der Waals surface area contributed by atoms with Crippen molar-refractivity contribution >= 4 is 63.8 Å². The molecule has 0 unspecified atom stereocenters. The number of aromatic nitrogens is 3. The molecule has 0 bridgehead atoms. The maximum Gasteiger partial charge on any atom is 0.164 e. The topological polar surface area (TPSA) is 38.7 Å². The Morgan fingerprint density at radius 3 is 1.58 bits per heavy atom. The molecule has 3 nitrogen and oxygen atoms in total. The lowest BCUT2D eigenvalue weighted by molar-refractivity contribution is 1.08. The van der Waals surface area contributed by atoms with Crippen LogP contribution in [0.4, 0.5) is 0 Å². The second kappa shape index (κ2) is 12.8. The summed E-state index contributed by atoms with van der Waals surface area (Å²) in [6.07, 6.45) is 0. The summed E-state index contributed by atoms with van der Waals surface area (Å²) in [5.41, 5.74) is -2.08. The van der Waals surface area contributed by atoms with Gasteiger partial charge in [-0.3, -0.25) is 0 Å². The maximum absolute atomic E-state index is 9.77. The van der Waals surface area contributed by atoms with Gasteiger partial charge in [0.25, 0.3) is 0 Å². The summed E-state index contributed by atoms with van der Waals surface area (Å²) in [5.74, 6) is -0.0287. The van der Waals surface area contributed by atoms with Gasteiger partial charge in [0.05, 0.1) is 26.0 Å². The quantitative estimate of drug-likeness (QED) is 0.165. The molecule has 0 saturated carbocycles. The molecule has 0 amide bonds. The summed E-state index contributed by atoms with van der Waals surface area (Å²) in [7, 11) is 0. The summed E-state index contributed by atoms with van der Waals surface area (Å²) in [4.78, 5) is 14.4. The van der Waals surface area contributed by atoms with Crippen LogP contribution < -0.4 is 0 Å². The van der Waals surface area contributed by atoms with Gasteiger partial charge in [0.15, 0.2) is 17.5 Å². The van der Waals surface area contributed by atoms with Crippen LogP contribution in [0.2, 0.25) is 0 Å². The van der Waals surface area contributed by atoms with E-state index in [1.54, 1.807) is 41.7 Å². The summed E-state index contributed by atoms with van der Waals surface area (Å²) in [5, 5.41) is -0.925. The Kier molecular flexibility index (Phi) is 4.17. The molecule has 0 aliphatic rings. The average molecular weight is 737 g/mol. The van der Waals surface area contributed by atoms with Gasteiger partial charge in [-0.05, 0) is 84.8 Å². The van der Waals surface area contributed by atoms with Crippen LogP contribution in [0.3, 0.4) is 0 Å². The zero-order chi connectivity index (χ0) is 52.8. The van der Waals surface area contributed by atoms with Crippen LogP contribution in [0.25, 0.3) is 109 Å². The highest BCUT2D eigenvalue weighted by atomic mass is 32.1. The van der Waals surface area contributed by atoms with Gasteiger partial charge in [-0.2, -0.15) is 0 Å². The van der Waals surface area contributed by atoms with Crippen LogP contribution in [0.5, 0.6) is 0 Å². The molecular weight excluding hydrogens is 687 g/mol. The standard InChI is InChI=1S/C51H31N3S/c1-2-13-32(14-3-1)49-52-50(54-51(53-49)44-24-12-26-47-48(44)43-23-8-9-25-46(43)55-47)37-18-11-17-35(30-37)33-15-10-16-34(29-33)36-27-28-42-40-21-5-4-19-38(40)39-20-6-7-22-41(39)45(42)31-36/h1-31H/i4D,5D,6D,7D,10D,11D,15D,16D,17D,18D,19D,20D,21D,22D,27D,28D,29D,30D,31D. The summed E-state index contributed by atoms with van der Waals surface area (Å²) in [6.45, 7) is 0. The molecule has 9 aromatic carbocycles. The Hall–Kier alpha value is -7.01. The van der Waals surface area contributed by atoms with E-state index in [0.29, 0.717) is 11.1 Å². The van der Waals surface area contributed by atoms with Crippen LogP contribution >= 0.6 is 11.3 Å². The molecule has 256 valence electrons. The van der Waals surface area contributed by atoms with Crippen LogP contribution in [-0.4, -0.2) is 15.0 Å². The van der Waals surface area contributed by atoms with E-state index < -0.39 is 175 Å². The molecule has 55 heavy (non-hydrogen) atoms. The molecule has 0 N–H and O–H groups in total. The molecular formula is C51H31N3S. The number of rotatable bonds is 5. The number of benzene rings is 9. The Morgan fingerprint density at radius 1 is 0.345 bits per heavy atom. The van der Waals surface area contributed by atoms with Gasteiger partial charge >= 0.3 is 0 Å². The molecule has 0 fully saturated rings. The van der Waals surface area contributed by atoms with Crippen LogP contribution in [-0.2, 0) is 0 Å². The van der Waals surface area contributed by atoms with Crippen molar-refractivity contribution in [2.24, 2.45) is 0 Å². The molecule has 0 aliphatic carbocycles. The first kappa shape index (κ1) is 17.9. The average Bonchev–Trinajstić information content (AvgIpc) is 3.79. The molecule has 11 aromatic rings. The third-order valence-corrected chi connectivity index (χ3v) is 10.4. The van der Waals surface area contributed by atoms with Crippen LogP contribution in [0, 0.1) is 0 Å². The van der Waals surface area contributed by atoms with Gasteiger partial charge in [0.2, 0.25) is 0 Å². The largest absolute Gasteiger partial charge is 0.208 e. The highest BCUT2D eigenvalue weighted by Gasteiger charge is 2.17. The van der Waals surface area contributed by atoms with Crippen LogP contribution in [0.15, 0.2) is 188 Å². The molecule has 0 aliphatic heterocycles. The number of hydrogen-bond acceptors (Lipinski definition) is 4. The van der Waals surface area contributed by atoms with E-state index in [2.05, 4.69) is 0 Å². The molecule has 0 spiro atoms. The first-order valence-corrected chi connectivity index (χ1v) is 17.8. The van der Waals surface area contributed by atoms with E-state index in [0.717, 1.165) is 20.2 Å². The van der Waals surface area contributed by atoms with E-state index >= 15 is 0 Å². The molecule has 0 saturated heterocycles. The SMILES string of the molecule is [2H]c1c([2H])c(-c2nc(-c3ccccc3)nc(-c3cccc4sc5ccccc5c34)n2)c([2H])c(-c2c([2H])c([2H])c([2H])c(-c3c([2H])c([2H])c4c5c([2H])c([2H])c([2H])c([2H])c5c5c([2H])c([2H])c([2H])c([2H])c5c4c3[2H])c2[2H])c1[2H]. The lowest BCUT2D eigenvalue weighted by Crippen LogP contribution is -2.00. The lowest BCUT2D eigenvalue weighted by atomic mass is 9.91. The van der Waals surface area contributed by atoms with E-state index in [9.17, 15) is 12.3 Å². The highest BCUT2D eigenvalue weighted by molar-refractivity contribution is 7.25. The van der Waals surface area contributed by atoms with Gasteiger partial charge in [0, 0.05) is 36.9 Å². The normalized spacial score (nSPS) is 16.5. The first-order valence-electron chi connectivity index (χ1n) is 26.5. The fourth-order valence-corrected chi connectivity index (χ4v) is 7.87. The Labute approximate surface area is 348 Å². The fourth-order valence-electron chi connectivity index (χ4n) is 6.74. The predicted octanol–water partition coefficient (Wildman–Crippen LogP) is 14.0. The smallest absolute Gasteiger partial charge is 0.164 e. The Bertz CT molecular complexity index is 4330. The second-order valence-corrected chi connectivity index (χ2v) is 13.5. The molecule has 0 atom stereocenters. The summed E-state index contributed by atoms with van der Waals surface area (Å²) < 4.78 is 175. The minimum atomic E-state index is -0.928. The number of fused-ring (bicyclic) bond motifs is 9. The minimum absolute atomic E-state index is 0.120. The molecule has 2 heterocycles. The third kappa shape index (κ3) is 5.38. The van der Waals surface area contributed by atoms with Crippen LogP contribution in [0.1, 0.15) is 26.0 Å². The van der Waals surface area contributed by atoms with Crippen molar-refractivity contribution in [2.75, 3.05) is 0 Å². The molecule has 2 aromatic heterocycles. The first-order chi connectivity index (χ1) is 35.2. The van der Waals surface area contributed by atoms with Crippen molar-refractivity contribution in [3.05, 3.63) is 188 Å². The number of hydrogen-bond donors (Lipinski definition) is 0. The van der Waals surface area contributed by atoms with Crippen molar-refractivity contribution < 1.29 is 26.0 Å². The lowest BCUT2D eigenvalue weighted by Gasteiger charge is -2.13. The van der Waals surface area contributed by atoms with Gasteiger partial charge < -0.3 is 0 Å². The zero-order valence-corrected chi connectivity index (χ0v) is 29.0. The third-order valence-electron chi connectivity index (χ3n) is 9.22. The van der Waals surface area contributed by atoms with E-state index in [-0.39, 0.29) is 17.5 Å². The van der Waals surface area contributed by atoms with Gasteiger partial charge in [-0.25, -0.2) is 15.0 Å². The number of nitrogens with zero attached hydrogens (tertiary/aromatic N) is 3. The van der Waals surface area contributed by atoms with Crippen molar-refractivity contribution in [2.45, 2.75) is 0 Å². The Balaban J connectivity index is 1.23.